The Balaban J connectivity index is 1.61. The molecule has 26 heavy (non-hydrogen) atoms. The Morgan fingerprint density at radius 1 is 1.35 bits per heavy atom. The summed E-state index contributed by atoms with van der Waals surface area (Å²) in [5.74, 6) is 0.761. The predicted octanol–water partition coefficient (Wildman–Crippen LogP) is 1.43. The Bertz CT molecular complexity index is 806. The zero-order valence-electron chi connectivity index (χ0n) is 14.9. The van der Waals surface area contributed by atoms with Gasteiger partial charge in [0.15, 0.2) is 6.61 Å². The van der Waals surface area contributed by atoms with Gasteiger partial charge in [-0.2, -0.15) is 5.10 Å². The molecular weight excluding hydrogens is 336 g/mol. The molecule has 0 amide bonds. The SMILES string of the molecule is CCn1c(C2CCN(Cc3ccccc3OCC(=O)O)CC2)n[nH]c1=O. The van der Waals surface area contributed by atoms with E-state index in [1.54, 1.807) is 10.6 Å². The van der Waals surface area contributed by atoms with E-state index in [1.807, 2.05) is 25.1 Å². The second-order valence-corrected chi connectivity index (χ2v) is 6.47. The van der Waals surface area contributed by atoms with Gasteiger partial charge in [-0.25, -0.2) is 14.7 Å². The van der Waals surface area contributed by atoms with Crippen LogP contribution >= 0.6 is 0 Å². The predicted molar refractivity (Wildman–Crippen MR) is 95.3 cm³/mol. The summed E-state index contributed by atoms with van der Waals surface area (Å²) in [5.41, 5.74) is 0.840. The van der Waals surface area contributed by atoms with E-state index in [4.69, 9.17) is 9.84 Å². The standard InChI is InChI=1S/C18H24N4O4/c1-2-22-17(19-20-18(22)25)13-7-9-21(10-8-13)11-14-5-3-4-6-15(14)26-12-16(23)24/h3-6,13H,2,7-12H2,1H3,(H,20,25)(H,23,24). The molecule has 0 unspecified atom stereocenters. The molecule has 0 spiro atoms. The maximum absolute atomic E-state index is 11.7. The molecule has 2 N–H and O–H groups in total. The molecule has 1 aromatic carbocycles. The second-order valence-electron chi connectivity index (χ2n) is 6.47. The first-order valence-corrected chi connectivity index (χ1v) is 8.88. The third-order valence-electron chi connectivity index (χ3n) is 4.77. The molecule has 0 aliphatic carbocycles. The van der Waals surface area contributed by atoms with E-state index in [2.05, 4.69) is 15.1 Å². The lowest BCUT2D eigenvalue weighted by Crippen LogP contribution is -2.34. The molecule has 0 radical (unpaired) electrons. The fraction of sp³-hybridized carbons (Fsp3) is 0.500. The van der Waals surface area contributed by atoms with Crippen LogP contribution in [0.5, 0.6) is 5.75 Å². The molecule has 0 saturated carbocycles. The largest absolute Gasteiger partial charge is 0.482 e. The smallest absolute Gasteiger partial charge is 0.343 e. The number of aliphatic carboxylic acids is 1. The van der Waals surface area contributed by atoms with Crippen LogP contribution in [0.1, 0.15) is 37.1 Å². The molecule has 1 saturated heterocycles. The van der Waals surface area contributed by atoms with Crippen LogP contribution < -0.4 is 10.4 Å². The highest BCUT2D eigenvalue weighted by molar-refractivity contribution is 5.68. The molecule has 0 bridgehead atoms. The molecule has 8 heteroatoms. The number of H-pyrrole nitrogens is 1. The maximum Gasteiger partial charge on any atom is 0.343 e. The summed E-state index contributed by atoms with van der Waals surface area (Å²) >= 11 is 0. The number of benzene rings is 1. The minimum absolute atomic E-state index is 0.144. The molecular formula is C18H24N4O4. The third kappa shape index (κ3) is 4.13. The molecule has 2 aromatic rings. The summed E-state index contributed by atoms with van der Waals surface area (Å²) in [5, 5.41) is 15.6. The Labute approximate surface area is 151 Å². The second kappa shape index (κ2) is 8.18. The number of carbonyl (C=O) groups is 1. The number of rotatable bonds is 7. The van der Waals surface area contributed by atoms with Gasteiger partial charge >= 0.3 is 11.7 Å². The number of likely N-dealkylation sites (tertiary alicyclic amines) is 1. The van der Waals surface area contributed by atoms with Crippen LogP contribution in [0.4, 0.5) is 0 Å². The third-order valence-corrected chi connectivity index (χ3v) is 4.77. The van der Waals surface area contributed by atoms with Gasteiger partial charge in [0.05, 0.1) is 0 Å². The molecule has 140 valence electrons. The highest BCUT2D eigenvalue weighted by atomic mass is 16.5. The number of aromatic amines is 1. The van der Waals surface area contributed by atoms with E-state index in [0.717, 1.165) is 37.3 Å². The summed E-state index contributed by atoms with van der Waals surface area (Å²) in [7, 11) is 0. The Morgan fingerprint density at radius 3 is 2.77 bits per heavy atom. The maximum atomic E-state index is 11.7. The zero-order chi connectivity index (χ0) is 18.5. The van der Waals surface area contributed by atoms with Crippen LogP contribution in [0, 0.1) is 0 Å². The number of aromatic nitrogens is 3. The van der Waals surface area contributed by atoms with Crippen molar-refractivity contribution in [2.24, 2.45) is 0 Å². The number of hydrogen-bond donors (Lipinski definition) is 2. The number of hydrogen-bond acceptors (Lipinski definition) is 5. The molecule has 1 aliphatic rings. The molecule has 0 atom stereocenters. The van der Waals surface area contributed by atoms with Crippen LogP contribution in [-0.4, -0.2) is 50.4 Å². The van der Waals surface area contributed by atoms with Crippen molar-refractivity contribution in [3.05, 3.63) is 46.1 Å². The lowest BCUT2D eigenvalue weighted by molar-refractivity contribution is -0.139. The first-order valence-electron chi connectivity index (χ1n) is 8.88. The first-order chi connectivity index (χ1) is 12.6. The number of nitrogens with one attached hydrogen (secondary N) is 1. The highest BCUT2D eigenvalue weighted by Crippen LogP contribution is 2.28. The van der Waals surface area contributed by atoms with Gasteiger partial charge in [-0.15, -0.1) is 0 Å². The van der Waals surface area contributed by atoms with Crippen molar-refractivity contribution in [1.29, 1.82) is 0 Å². The lowest BCUT2D eigenvalue weighted by atomic mass is 9.95. The van der Waals surface area contributed by atoms with Gasteiger partial charge in [-0.1, -0.05) is 18.2 Å². The van der Waals surface area contributed by atoms with Crippen LogP contribution in [0.25, 0.3) is 0 Å². The van der Waals surface area contributed by atoms with Crippen molar-refractivity contribution in [1.82, 2.24) is 19.7 Å². The fourth-order valence-electron chi connectivity index (χ4n) is 3.45. The Kier molecular flexibility index (Phi) is 5.72. The van der Waals surface area contributed by atoms with Crippen LogP contribution in [0.15, 0.2) is 29.1 Å². The van der Waals surface area contributed by atoms with Crippen molar-refractivity contribution in [2.75, 3.05) is 19.7 Å². The number of carboxylic acids is 1. The quantitative estimate of drug-likeness (QED) is 0.775. The zero-order valence-corrected chi connectivity index (χ0v) is 14.9. The first kappa shape index (κ1) is 18.2. The molecule has 1 aromatic heterocycles. The highest BCUT2D eigenvalue weighted by Gasteiger charge is 2.25. The summed E-state index contributed by atoms with van der Waals surface area (Å²) in [6, 6.07) is 7.54. The molecule has 1 fully saturated rings. The van der Waals surface area contributed by atoms with E-state index in [1.165, 1.54) is 0 Å². The van der Waals surface area contributed by atoms with E-state index in [-0.39, 0.29) is 18.2 Å². The van der Waals surface area contributed by atoms with Gasteiger partial charge in [0.1, 0.15) is 11.6 Å². The average Bonchev–Trinajstić information content (AvgIpc) is 3.02. The van der Waals surface area contributed by atoms with Gasteiger partial charge in [0.25, 0.3) is 0 Å². The van der Waals surface area contributed by atoms with Crippen LogP contribution in [-0.2, 0) is 17.9 Å². The van der Waals surface area contributed by atoms with E-state index < -0.39 is 5.97 Å². The molecule has 2 heterocycles. The molecule has 3 rings (SSSR count). The van der Waals surface area contributed by atoms with Crippen molar-refractivity contribution in [2.45, 2.75) is 38.8 Å². The van der Waals surface area contributed by atoms with Crippen molar-refractivity contribution < 1.29 is 14.6 Å². The number of carboxylic acid groups (broad SMARTS) is 1. The molecule has 8 nitrogen and oxygen atoms in total. The lowest BCUT2D eigenvalue weighted by Gasteiger charge is -2.31. The topological polar surface area (TPSA) is 100 Å². The summed E-state index contributed by atoms with van der Waals surface area (Å²) in [6.07, 6.45) is 1.87. The fourth-order valence-corrected chi connectivity index (χ4v) is 3.45. The van der Waals surface area contributed by atoms with Gasteiger partial charge in [-0.3, -0.25) is 9.47 Å². The minimum atomic E-state index is -0.985. The van der Waals surface area contributed by atoms with Crippen molar-refractivity contribution in [3.63, 3.8) is 0 Å². The summed E-state index contributed by atoms with van der Waals surface area (Å²) in [6.45, 7) is 4.73. The van der Waals surface area contributed by atoms with Gasteiger partial charge in [-0.05, 0) is 38.9 Å². The number of ether oxygens (including phenoxy) is 1. The van der Waals surface area contributed by atoms with Gasteiger partial charge in [0, 0.05) is 24.6 Å². The average molecular weight is 360 g/mol. The minimum Gasteiger partial charge on any atom is -0.482 e. The van der Waals surface area contributed by atoms with Gasteiger partial charge < -0.3 is 9.84 Å². The normalized spacial score (nSPS) is 15.9. The summed E-state index contributed by atoms with van der Waals surface area (Å²) < 4.78 is 7.09. The monoisotopic (exact) mass is 360 g/mol. The Morgan fingerprint density at radius 2 is 2.08 bits per heavy atom. The van der Waals surface area contributed by atoms with Crippen LogP contribution in [0.2, 0.25) is 0 Å². The number of piperidine rings is 1. The number of para-hydroxylation sites is 1. The van der Waals surface area contributed by atoms with Crippen molar-refractivity contribution >= 4 is 5.97 Å². The molecule has 1 aliphatic heterocycles. The van der Waals surface area contributed by atoms with E-state index >= 15 is 0 Å². The Hall–Kier alpha value is -2.61. The van der Waals surface area contributed by atoms with Gasteiger partial charge in [0.2, 0.25) is 0 Å². The van der Waals surface area contributed by atoms with Crippen LogP contribution in [0.3, 0.4) is 0 Å². The van der Waals surface area contributed by atoms with E-state index in [0.29, 0.717) is 18.8 Å². The van der Waals surface area contributed by atoms with E-state index in [9.17, 15) is 9.59 Å². The summed E-state index contributed by atoms with van der Waals surface area (Å²) in [4.78, 5) is 24.8. The van der Waals surface area contributed by atoms with Crippen molar-refractivity contribution in [3.8, 4) is 5.75 Å². The number of nitrogens with zero attached hydrogens (tertiary/aromatic N) is 3.